The van der Waals surface area contributed by atoms with Crippen molar-refractivity contribution >= 4 is 5.97 Å². The highest BCUT2D eigenvalue weighted by atomic mass is 16.7. The minimum Gasteiger partial charge on any atom is -0.457 e. The normalized spacial score (nSPS) is 51.1. The molecule has 0 aromatic rings. The average Bonchev–Trinajstić information content (AvgIpc) is 3.62. The fraction of sp³-hybridized carbons (Fsp3) is 0.974. The summed E-state index contributed by atoms with van der Waals surface area (Å²) < 4.78 is 25.4. The first-order chi connectivity index (χ1) is 22.0. The maximum atomic E-state index is 12.5. The van der Waals surface area contributed by atoms with Gasteiger partial charge in [0.2, 0.25) is 0 Å². The Morgan fingerprint density at radius 1 is 1.06 bits per heavy atom. The molecule has 3 N–H and O–H groups in total. The van der Waals surface area contributed by atoms with Crippen molar-refractivity contribution in [1.29, 1.82) is 0 Å². The molecule has 7 fully saturated rings. The number of rotatable bonds is 7. The number of β-amino-alcohol motifs (C(OH)–C–C–N with tert-alkyl or cyclic N) is 1. The van der Waals surface area contributed by atoms with E-state index >= 15 is 0 Å². The van der Waals surface area contributed by atoms with Crippen molar-refractivity contribution in [3.05, 3.63) is 0 Å². The monoisotopic (exact) mass is 661 g/mol. The van der Waals surface area contributed by atoms with Gasteiger partial charge in [-0.1, -0.05) is 34.6 Å². The molecule has 14 atom stereocenters. The zero-order chi connectivity index (χ0) is 33.9. The number of hydrogen-bond donors (Lipinski definition) is 3. The summed E-state index contributed by atoms with van der Waals surface area (Å²) in [6.45, 7) is 19.8. The summed E-state index contributed by atoms with van der Waals surface area (Å²) in [7, 11) is 0. The van der Waals surface area contributed by atoms with Gasteiger partial charge in [0.1, 0.15) is 0 Å². The molecule has 9 heteroatoms. The molecule has 0 unspecified atom stereocenters. The van der Waals surface area contributed by atoms with Crippen LogP contribution in [0.3, 0.4) is 0 Å². The Balaban J connectivity index is 1.13. The molecular formula is C38H63NO8. The Morgan fingerprint density at radius 3 is 2.45 bits per heavy atom. The van der Waals surface area contributed by atoms with E-state index in [1.165, 1.54) is 26.2 Å². The molecule has 5 saturated carbocycles. The van der Waals surface area contributed by atoms with Gasteiger partial charge in [-0.2, -0.15) is 0 Å². The number of fused-ring (bicyclic) bond motifs is 4. The van der Waals surface area contributed by atoms with Gasteiger partial charge in [0, 0.05) is 32.0 Å². The van der Waals surface area contributed by atoms with Crippen LogP contribution in [0.25, 0.3) is 0 Å². The van der Waals surface area contributed by atoms with Crippen molar-refractivity contribution in [2.45, 2.75) is 149 Å². The minimum atomic E-state index is -1.26. The van der Waals surface area contributed by atoms with Gasteiger partial charge in [0.15, 0.2) is 12.4 Å². The molecule has 268 valence electrons. The van der Waals surface area contributed by atoms with Gasteiger partial charge in [-0.25, -0.2) is 0 Å². The van der Waals surface area contributed by atoms with Gasteiger partial charge >= 0.3 is 5.97 Å². The van der Waals surface area contributed by atoms with Crippen LogP contribution in [0.1, 0.15) is 107 Å². The Kier molecular flexibility index (Phi) is 8.36. The third-order valence-corrected chi connectivity index (χ3v) is 15.9. The molecule has 0 radical (unpaired) electrons. The Bertz CT molecular complexity index is 1220. The molecule has 47 heavy (non-hydrogen) atoms. The third-order valence-electron chi connectivity index (χ3n) is 15.9. The molecule has 0 bridgehead atoms. The number of hydrogen-bond acceptors (Lipinski definition) is 9. The summed E-state index contributed by atoms with van der Waals surface area (Å²) in [4.78, 5) is 14.3. The van der Waals surface area contributed by atoms with E-state index in [1.54, 1.807) is 13.8 Å². The fourth-order valence-electron chi connectivity index (χ4n) is 13.9. The Morgan fingerprint density at radius 2 is 1.77 bits per heavy atom. The number of carbonyl (C=O) groups is 1. The smallest absolute Gasteiger partial charge is 0.303 e. The summed E-state index contributed by atoms with van der Waals surface area (Å²) in [5.41, 5.74) is -1.04. The molecular weight excluding hydrogens is 598 g/mol. The lowest BCUT2D eigenvalue weighted by atomic mass is 9.41. The van der Waals surface area contributed by atoms with E-state index in [2.05, 4.69) is 39.5 Å². The lowest BCUT2D eigenvalue weighted by Crippen LogP contribution is -2.60. The highest BCUT2D eigenvalue weighted by Gasteiger charge is 2.84. The predicted octanol–water partition coefficient (Wildman–Crippen LogP) is 4.54. The van der Waals surface area contributed by atoms with Gasteiger partial charge < -0.3 is 34.3 Å². The van der Waals surface area contributed by atoms with Gasteiger partial charge in [-0.05, 0) is 111 Å². The molecule has 2 aliphatic heterocycles. The van der Waals surface area contributed by atoms with Crippen molar-refractivity contribution in [2.24, 2.45) is 50.7 Å². The number of carbonyl (C=O) groups excluding carboxylic acids is 1. The van der Waals surface area contributed by atoms with Crippen LogP contribution in [0.4, 0.5) is 0 Å². The lowest BCUT2D eigenvalue weighted by molar-refractivity contribution is -0.249. The van der Waals surface area contributed by atoms with E-state index in [1.807, 2.05) is 0 Å². The highest BCUT2D eigenvalue weighted by Crippen LogP contribution is 2.89. The molecule has 0 amide bonds. The van der Waals surface area contributed by atoms with E-state index in [-0.39, 0.29) is 58.6 Å². The van der Waals surface area contributed by atoms with Gasteiger partial charge in [-0.15, -0.1) is 0 Å². The second-order valence-electron chi connectivity index (χ2n) is 18.7. The molecule has 5 aliphatic carbocycles. The van der Waals surface area contributed by atoms with Crippen molar-refractivity contribution in [1.82, 2.24) is 4.90 Å². The second-order valence-corrected chi connectivity index (χ2v) is 18.7. The number of aliphatic hydroxyl groups excluding tert-OH is 2. The summed E-state index contributed by atoms with van der Waals surface area (Å²) in [5.74, 6) is 1.06. The zero-order valence-corrected chi connectivity index (χ0v) is 30.3. The molecule has 7 aliphatic rings. The first-order valence-electron chi connectivity index (χ1n) is 18.8. The largest absolute Gasteiger partial charge is 0.457 e. The van der Waals surface area contributed by atoms with Gasteiger partial charge in [0.25, 0.3) is 0 Å². The van der Waals surface area contributed by atoms with Crippen molar-refractivity contribution in [3.63, 3.8) is 0 Å². The topological polar surface area (TPSA) is 118 Å². The quantitative estimate of drug-likeness (QED) is 0.338. The fourth-order valence-corrected chi connectivity index (χ4v) is 13.9. The number of ether oxygens (including phenoxy) is 4. The van der Waals surface area contributed by atoms with E-state index in [0.29, 0.717) is 43.4 Å². The van der Waals surface area contributed by atoms with Crippen LogP contribution in [-0.2, 0) is 23.7 Å². The second kappa shape index (κ2) is 11.3. The van der Waals surface area contributed by atoms with Crippen LogP contribution < -0.4 is 0 Å². The number of morpholine rings is 1. The van der Waals surface area contributed by atoms with E-state index in [4.69, 9.17) is 18.9 Å². The molecule has 2 heterocycles. The molecule has 2 spiro atoms. The van der Waals surface area contributed by atoms with E-state index in [0.717, 1.165) is 32.2 Å². The molecule has 7 rings (SSSR count). The number of aliphatic hydroxyl groups is 3. The van der Waals surface area contributed by atoms with Crippen LogP contribution in [0.5, 0.6) is 0 Å². The van der Waals surface area contributed by atoms with Crippen molar-refractivity contribution in [2.75, 3.05) is 32.8 Å². The predicted molar refractivity (Wildman–Crippen MR) is 176 cm³/mol. The molecule has 9 nitrogen and oxygen atoms in total. The molecule has 0 aromatic carbocycles. The third kappa shape index (κ3) is 4.82. The molecule has 0 aromatic heterocycles. The number of nitrogens with zero attached hydrogens (tertiary/aromatic N) is 1. The maximum absolute atomic E-state index is 12.5. The van der Waals surface area contributed by atoms with Gasteiger partial charge in [0.05, 0.1) is 43.2 Å². The Labute approximate surface area is 282 Å². The van der Waals surface area contributed by atoms with Crippen LogP contribution in [-0.4, -0.2) is 101 Å². The lowest BCUT2D eigenvalue weighted by Gasteiger charge is -2.64. The Hall–Kier alpha value is -0.810. The highest BCUT2D eigenvalue weighted by molar-refractivity contribution is 5.66. The van der Waals surface area contributed by atoms with Crippen LogP contribution >= 0.6 is 0 Å². The summed E-state index contributed by atoms with van der Waals surface area (Å²) in [6, 6.07) is 0. The van der Waals surface area contributed by atoms with Crippen LogP contribution in [0.2, 0.25) is 0 Å². The maximum Gasteiger partial charge on any atom is 0.303 e. The van der Waals surface area contributed by atoms with Crippen LogP contribution in [0.15, 0.2) is 0 Å². The first-order valence-corrected chi connectivity index (χ1v) is 18.8. The molecule has 2 saturated heterocycles. The first kappa shape index (κ1) is 34.6. The summed E-state index contributed by atoms with van der Waals surface area (Å²) >= 11 is 0. The van der Waals surface area contributed by atoms with Crippen LogP contribution in [0, 0.1) is 50.7 Å². The number of esters is 1. The van der Waals surface area contributed by atoms with E-state index in [9.17, 15) is 20.1 Å². The van der Waals surface area contributed by atoms with Crippen molar-refractivity contribution < 1.29 is 39.1 Å². The minimum absolute atomic E-state index is 0.0208. The van der Waals surface area contributed by atoms with Gasteiger partial charge in [-0.3, -0.25) is 9.69 Å². The summed E-state index contributed by atoms with van der Waals surface area (Å²) in [6.07, 6.45) is 6.45. The zero-order valence-electron chi connectivity index (χ0n) is 30.3. The van der Waals surface area contributed by atoms with E-state index < -0.39 is 29.9 Å². The standard InChI is InChI=1S/C38H63NO8/c1-22-19-24(32(34(5,6)43)45-23(2)41)46-30-29(22)35(7)13-14-38-21-37(38)12-11-27(47-28-20-39(15-17-40)16-18-44-28)33(3,4)25(37)9-10-26(38)36(35,8)31(30)42/h22,24-32,40,42-43H,9-21H2,1-8H3/t22-,24-,25+,26+,27+,28+,29+,30+,31+,32+,35-,36-,37-,38+/m1/s1. The summed E-state index contributed by atoms with van der Waals surface area (Å²) in [5, 5.41) is 33.0. The SMILES string of the molecule is CC(=O)O[C@@H]([C@H]1C[C@@H](C)[C@H]2[C@H](O1)[C@H](O)[C@@]1(C)[C@@H]3CC[C@H]4C(C)(C)[C@@H](O[C@H]5CN(CCO)CCO5)CC[C@@]45C[C@@]35CC[C@]21C)C(C)(C)O. The average molecular weight is 662 g/mol. The van der Waals surface area contributed by atoms with Crippen molar-refractivity contribution in [3.8, 4) is 0 Å².